The van der Waals surface area contributed by atoms with Crippen LogP contribution in [0, 0.1) is 12.7 Å². The Labute approximate surface area is 174 Å². The Morgan fingerprint density at radius 2 is 1.83 bits per heavy atom. The maximum Gasteiger partial charge on any atom is 0.259 e. The summed E-state index contributed by atoms with van der Waals surface area (Å²) in [7, 11) is 0. The molecule has 2 aliphatic rings. The molecule has 5 rings (SSSR count). The van der Waals surface area contributed by atoms with E-state index in [2.05, 4.69) is 20.9 Å². The van der Waals surface area contributed by atoms with Gasteiger partial charge in [0.15, 0.2) is 0 Å². The van der Waals surface area contributed by atoms with Gasteiger partial charge in [0.25, 0.3) is 5.56 Å². The molecule has 5 nitrogen and oxygen atoms in total. The van der Waals surface area contributed by atoms with Crippen LogP contribution in [0.5, 0.6) is 0 Å². The van der Waals surface area contributed by atoms with Crippen molar-refractivity contribution in [3.05, 3.63) is 76.1 Å². The minimum Gasteiger partial charge on any atom is -0.369 e. The molecular formula is C24H25FN4O. The minimum absolute atomic E-state index is 0.0732. The smallest absolute Gasteiger partial charge is 0.259 e. The van der Waals surface area contributed by atoms with Gasteiger partial charge in [-0.15, -0.1) is 0 Å². The van der Waals surface area contributed by atoms with E-state index in [1.807, 2.05) is 37.3 Å². The Kier molecular flexibility index (Phi) is 4.87. The molecule has 1 atom stereocenters. The first-order chi connectivity index (χ1) is 14.6. The number of aryl methyl sites for hydroxylation is 1. The molecule has 1 aliphatic carbocycles. The fourth-order valence-corrected chi connectivity index (χ4v) is 4.61. The normalized spacial score (nSPS) is 20.0. The fourth-order valence-electron chi connectivity index (χ4n) is 4.61. The van der Waals surface area contributed by atoms with E-state index in [1.54, 1.807) is 0 Å². The predicted octanol–water partition coefficient (Wildman–Crippen LogP) is 3.74. The SMILES string of the molecule is Cc1cccc2c(=O)[nH]c(C3=CC(N4CCN(c5ccc(F)cc5)CC4)CC3)nc12. The van der Waals surface area contributed by atoms with Crippen molar-refractivity contribution in [2.75, 3.05) is 31.1 Å². The van der Waals surface area contributed by atoms with Gasteiger partial charge in [0, 0.05) is 37.9 Å². The number of para-hydroxylation sites is 1. The van der Waals surface area contributed by atoms with Crippen molar-refractivity contribution >= 4 is 22.2 Å². The topological polar surface area (TPSA) is 52.2 Å². The Morgan fingerprint density at radius 3 is 2.60 bits per heavy atom. The molecule has 2 heterocycles. The van der Waals surface area contributed by atoms with Crippen LogP contribution in [0.25, 0.3) is 16.5 Å². The quantitative estimate of drug-likeness (QED) is 0.723. The molecule has 30 heavy (non-hydrogen) atoms. The third-order valence-corrected chi connectivity index (χ3v) is 6.32. The highest BCUT2D eigenvalue weighted by Crippen LogP contribution is 2.30. The molecule has 0 radical (unpaired) electrons. The van der Waals surface area contributed by atoms with Crippen LogP contribution in [0.15, 0.2) is 53.3 Å². The van der Waals surface area contributed by atoms with Gasteiger partial charge in [-0.2, -0.15) is 0 Å². The van der Waals surface area contributed by atoms with Crippen LogP contribution in [0.2, 0.25) is 0 Å². The van der Waals surface area contributed by atoms with E-state index in [4.69, 9.17) is 4.98 Å². The summed E-state index contributed by atoms with van der Waals surface area (Å²) in [5.74, 6) is 0.505. The molecule has 1 aromatic heterocycles. The second-order valence-electron chi connectivity index (χ2n) is 8.18. The first kappa shape index (κ1) is 19.0. The number of allylic oxidation sites excluding steroid dienone is 1. The Hall–Kier alpha value is -2.99. The van der Waals surface area contributed by atoms with E-state index in [1.165, 1.54) is 12.1 Å². The van der Waals surface area contributed by atoms with Gasteiger partial charge in [-0.05, 0) is 61.2 Å². The van der Waals surface area contributed by atoms with Crippen molar-refractivity contribution in [1.82, 2.24) is 14.9 Å². The zero-order valence-corrected chi connectivity index (χ0v) is 17.1. The zero-order valence-electron chi connectivity index (χ0n) is 17.1. The minimum atomic E-state index is -0.198. The molecular weight excluding hydrogens is 379 g/mol. The zero-order chi connectivity index (χ0) is 20.7. The van der Waals surface area contributed by atoms with Gasteiger partial charge in [-0.1, -0.05) is 18.2 Å². The lowest BCUT2D eigenvalue weighted by atomic mass is 10.1. The highest BCUT2D eigenvalue weighted by Gasteiger charge is 2.27. The van der Waals surface area contributed by atoms with E-state index >= 15 is 0 Å². The van der Waals surface area contributed by atoms with E-state index in [0.717, 1.165) is 61.4 Å². The van der Waals surface area contributed by atoms with Crippen molar-refractivity contribution in [1.29, 1.82) is 0 Å². The van der Waals surface area contributed by atoms with Crippen molar-refractivity contribution in [2.24, 2.45) is 0 Å². The van der Waals surface area contributed by atoms with Crippen molar-refractivity contribution < 1.29 is 4.39 Å². The lowest BCUT2D eigenvalue weighted by Crippen LogP contribution is -2.49. The number of piperazine rings is 1. The molecule has 1 N–H and O–H groups in total. The van der Waals surface area contributed by atoms with Gasteiger partial charge in [0.2, 0.25) is 0 Å². The summed E-state index contributed by atoms with van der Waals surface area (Å²) >= 11 is 0. The number of nitrogens with zero attached hydrogens (tertiary/aromatic N) is 3. The maximum absolute atomic E-state index is 13.2. The van der Waals surface area contributed by atoms with E-state index in [-0.39, 0.29) is 11.4 Å². The second kappa shape index (κ2) is 7.69. The third kappa shape index (κ3) is 3.52. The average Bonchev–Trinajstić information content (AvgIpc) is 3.25. The van der Waals surface area contributed by atoms with Crippen molar-refractivity contribution in [3.63, 3.8) is 0 Å². The van der Waals surface area contributed by atoms with Crippen LogP contribution >= 0.6 is 0 Å². The average molecular weight is 404 g/mol. The summed E-state index contributed by atoms with van der Waals surface area (Å²) in [6.07, 6.45) is 4.24. The second-order valence-corrected chi connectivity index (χ2v) is 8.18. The summed E-state index contributed by atoms with van der Waals surface area (Å²) in [5.41, 5.74) is 3.94. The monoisotopic (exact) mass is 404 g/mol. The standard InChI is InChI=1S/C24H25FN4O/c1-16-3-2-4-21-22(16)26-23(27-24(21)30)17-5-8-20(15-17)29-13-11-28(12-14-29)19-9-6-18(25)7-10-19/h2-4,6-7,9-10,15,20H,5,8,11-14H2,1H3,(H,26,27,30). The van der Waals surface area contributed by atoms with Crippen molar-refractivity contribution in [3.8, 4) is 0 Å². The molecule has 0 spiro atoms. The molecule has 2 aromatic carbocycles. The summed E-state index contributed by atoms with van der Waals surface area (Å²) in [5, 5.41) is 0.644. The number of aromatic amines is 1. The summed E-state index contributed by atoms with van der Waals surface area (Å²) in [6.45, 7) is 5.77. The molecule has 0 saturated carbocycles. The van der Waals surface area contributed by atoms with Crippen LogP contribution < -0.4 is 10.5 Å². The Morgan fingerprint density at radius 1 is 1.07 bits per heavy atom. The molecule has 1 aliphatic heterocycles. The van der Waals surface area contributed by atoms with Gasteiger partial charge in [-0.25, -0.2) is 9.37 Å². The lowest BCUT2D eigenvalue weighted by molar-refractivity contribution is 0.214. The van der Waals surface area contributed by atoms with Gasteiger partial charge in [0.1, 0.15) is 11.6 Å². The predicted molar refractivity (Wildman–Crippen MR) is 118 cm³/mol. The third-order valence-electron chi connectivity index (χ3n) is 6.32. The number of halogens is 1. The number of hydrogen-bond donors (Lipinski definition) is 1. The number of anilines is 1. The molecule has 3 aromatic rings. The van der Waals surface area contributed by atoms with Crippen LogP contribution in [0.4, 0.5) is 10.1 Å². The number of hydrogen-bond acceptors (Lipinski definition) is 4. The first-order valence-electron chi connectivity index (χ1n) is 10.5. The van der Waals surface area contributed by atoms with E-state index in [0.29, 0.717) is 17.3 Å². The van der Waals surface area contributed by atoms with E-state index in [9.17, 15) is 9.18 Å². The van der Waals surface area contributed by atoms with Gasteiger partial charge >= 0.3 is 0 Å². The summed E-state index contributed by atoms with van der Waals surface area (Å²) in [6, 6.07) is 12.8. The molecule has 0 amide bonds. The largest absolute Gasteiger partial charge is 0.369 e. The summed E-state index contributed by atoms with van der Waals surface area (Å²) < 4.78 is 13.2. The van der Waals surface area contributed by atoms with Crippen LogP contribution in [0.1, 0.15) is 24.2 Å². The lowest BCUT2D eigenvalue weighted by Gasteiger charge is -2.38. The number of rotatable bonds is 3. The first-order valence-corrected chi connectivity index (χ1v) is 10.5. The molecule has 1 fully saturated rings. The number of nitrogens with one attached hydrogen (secondary N) is 1. The number of benzene rings is 2. The molecule has 1 unspecified atom stereocenters. The van der Waals surface area contributed by atoms with Gasteiger partial charge in [-0.3, -0.25) is 9.69 Å². The number of fused-ring (bicyclic) bond motifs is 1. The van der Waals surface area contributed by atoms with Crippen LogP contribution in [-0.4, -0.2) is 47.1 Å². The van der Waals surface area contributed by atoms with E-state index < -0.39 is 0 Å². The highest BCUT2D eigenvalue weighted by atomic mass is 19.1. The van der Waals surface area contributed by atoms with Gasteiger partial charge < -0.3 is 9.88 Å². The maximum atomic E-state index is 13.2. The molecule has 6 heteroatoms. The van der Waals surface area contributed by atoms with Crippen LogP contribution in [-0.2, 0) is 0 Å². The number of aromatic nitrogens is 2. The molecule has 1 saturated heterocycles. The Balaban J connectivity index is 1.31. The highest BCUT2D eigenvalue weighted by molar-refractivity contribution is 5.82. The van der Waals surface area contributed by atoms with Crippen LogP contribution in [0.3, 0.4) is 0 Å². The summed E-state index contributed by atoms with van der Waals surface area (Å²) in [4.78, 5) is 25.1. The Bertz CT molecular complexity index is 1160. The fraction of sp³-hybridized carbons (Fsp3) is 0.333. The molecule has 154 valence electrons. The van der Waals surface area contributed by atoms with Gasteiger partial charge in [0.05, 0.1) is 10.9 Å². The number of H-pyrrole nitrogens is 1. The molecule has 0 bridgehead atoms. The van der Waals surface area contributed by atoms with Crippen molar-refractivity contribution in [2.45, 2.75) is 25.8 Å².